The van der Waals surface area contributed by atoms with Gasteiger partial charge in [0, 0.05) is 19.3 Å². The Morgan fingerprint density at radius 2 is 1.75 bits per heavy atom. The highest BCUT2D eigenvalue weighted by Crippen LogP contribution is 2.18. The summed E-state index contributed by atoms with van der Waals surface area (Å²) in [5.41, 5.74) is 0.340. The summed E-state index contributed by atoms with van der Waals surface area (Å²) in [6.45, 7) is 10.0. The van der Waals surface area contributed by atoms with Gasteiger partial charge in [-0.05, 0) is 30.7 Å². The first kappa shape index (κ1) is 16.5. The molecule has 0 spiro atoms. The number of hydrogen-bond donors (Lipinski definition) is 1. The van der Waals surface area contributed by atoms with Crippen LogP contribution in [0.25, 0.3) is 0 Å². The Morgan fingerprint density at radius 1 is 1.20 bits per heavy atom. The van der Waals surface area contributed by atoms with Crippen molar-refractivity contribution in [1.82, 2.24) is 9.88 Å². The molecule has 0 fully saturated rings. The Hall–Kier alpha value is -1.58. The van der Waals surface area contributed by atoms with Crippen LogP contribution in [0.2, 0.25) is 0 Å². The van der Waals surface area contributed by atoms with Crippen molar-refractivity contribution in [3.8, 4) is 5.75 Å². The standard InChI is InChI=1S/C16H26N2O2/c1-12(2)6-9-18(10-7-13(3)4)16(20)14-5-8-17-11-15(14)19/h5,8,11-13,19H,6-7,9-10H2,1-4H3. The highest BCUT2D eigenvalue weighted by molar-refractivity contribution is 5.96. The minimum absolute atomic E-state index is 0.0448. The zero-order valence-corrected chi connectivity index (χ0v) is 13.0. The topological polar surface area (TPSA) is 53.4 Å². The summed E-state index contributed by atoms with van der Waals surface area (Å²) in [6.07, 6.45) is 4.79. The SMILES string of the molecule is CC(C)CCN(CCC(C)C)C(=O)c1ccncc1O. The van der Waals surface area contributed by atoms with Crippen molar-refractivity contribution in [3.05, 3.63) is 24.0 Å². The summed E-state index contributed by atoms with van der Waals surface area (Å²) in [5.74, 6) is 0.952. The van der Waals surface area contributed by atoms with E-state index in [0.29, 0.717) is 17.4 Å². The summed E-state index contributed by atoms with van der Waals surface area (Å²) >= 11 is 0. The fraction of sp³-hybridized carbons (Fsp3) is 0.625. The number of aromatic nitrogens is 1. The number of amides is 1. The molecule has 0 atom stereocenters. The van der Waals surface area contributed by atoms with Crippen LogP contribution < -0.4 is 0 Å². The molecule has 0 saturated carbocycles. The maximum Gasteiger partial charge on any atom is 0.257 e. The molecule has 1 aromatic rings. The summed E-state index contributed by atoms with van der Waals surface area (Å²) in [7, 11) is 0. The van der Waals surface area contributed by atoms with E-state index < -0.39 is 0 Å². The van der Waals surface area contributed by atoms with Gasteiger partial charge < -0.3 is 10.0 Å². The predicted molar refractivity (Wildman–Crippen MR) is 80.7 cm³/mol. The van der Waals surface area contributed by atoms with Crippen molar-refractivity contribution in [2.45, 2.75) is 40.5 Å². The van der Waals surface area contributed by atoms with Gasteiger partial charge in [-0.15, -0.1) is 0 Å². The monoisotopic (exact) mass is 278 g/mol. The largest absolute Gasteiger partial charge is 0.505 e. The van der Waals surface area contributed by atoms with E-state index in [1.54, 1.807) is 6.07 Å². The summed E-state index contributed by atoms with van der Waals surface area (Å²) in [6, 6.07) is 1.58. The quantitative estimate of drug-likeness (QED) is 0.832. The fourth-order valence-electron chi connectivity index (χ4n) is 1.88. The molecule has 0 unspecified atom stereocenters. The number of rotatable bonds is 7. The van der Waals surface area contributed by atoms with E-state index in [9.17, 15) is 9.90 Å². The Labute approximate surface area is 121 Å². The molecule has 0 bridgehead atoms. The molecule has 1 heterocycles. The molecule has 0 aliphatic carbocycles. The van der Waals surface area contributed by atoms with Crippen LogP contribution >= 0.6 is 0 Å². The fourth-order valence-corrected chi connectivity index (χ4v) is 1.88. The molecule has 20 heavy (non-hydrogen) atoms. The van der Waals surface area contributed by atoms with Crippen LogP contribution in [0.1, 0.15) is 50.9 Å². The van der Waals surface area contributed by atoms with Crippen molar-refractivity contribution < 1.29 is 9.90 Å². The van der Waals surface area contributed by atoms with E-state index in [4.69, 9.17) is 0 Å². The van der Waals surface area contributed by atoms with Crippen molar-refractivity contribution >= 4 is 5.91 Å². The Kier molecular flexibility index (Phi) is 6.49. The van der Waals surface area contributed by atoms with Crippen LogP contribution in [0.15, 0.2) is 18.5 Å². The predicted octanol–water partition coefficient (Wildman–Crippen LogP) is 3.32. The van der Waals surface area contributed by atoms with Crippen molar-refractivity contribution in [3.63, 3.8) is 0 Å². The minimum Gasteiger partial charge on any atom is -0.505 e. The molecule has 0 aliphatic heterocycles. The maximum absolute atomic E-state index is 12.5. The van der Waals surface area contributed by atoms with Gasteiger partial charge in [-0.25, -0.2) is 0 Å². The Morgan fingerprint density at radius 3 is 2.20 bits per heavy atom. The second-order valence-corrected chi connectivity index (χ2v) is 6.05. The van der Waals surface area contributed by atoms with Gasteiger partial charge in [-0.2, -0.15) is 0 Å². The Balaban J connectivity index is 2.80. The smallest absolute Gasteiger partial charge is 0.257 e. The first-order chi connectivity index (χ1) is 9.41. The van der Waals surface area contributed by atoms with Crippen LogP contribution in [-0.2, 0) is 0 Å². The number of carbonyl (C=O) groups excluding carboxylic acids is 1. The Bertz CT molecular complexity index is 418. The first-order valence-electron chi connectivity index (χ1n) is 7.34. The molecular weight excluding hydrogens is 252 g/mol. The number of carbonyl (C=O) groups is 1. The van der Waals surface area contributed by atoms with Gasteiger partial charge in [0.1, 0.15) is 5.75 Å². The van der Waals surface area contributed by atoms with E-state index in [2.05, 4.69) is 32.7 Å². The zero-order chi connectivity index (χ0) is 15.1. The highest BCUT2D eigenvalue weighted by atomic mass is 16.3. The van der Waals surface area contributed by atoms with Crippen LogP contribution in [-0.4, -0.2) is 34.0 Å². The zero-order valence-electron chi connectivity index (χ0n) is 13.0. The lowest BCUT2D eigenvalue weighted by Crippen LogP contribution is -2.34. The average Bonchev–Trinajstić information content (AvgIpc) is 2.38. The molecule has 1 aromatic heterocycles. The molecule has 1 rings (SSSR count). The molecule has 1 N–H and O–H groups in total. The van der Waals surface area contributed by atoms with E-state index in [1.165, 1.54) is 12.4 Å². The number of aromatic hydroxyl groups is 1. The van der Waals surface area contributed by atoms with Gasteiger partial charge in [-0.3, -0.25) is 9.78 Å². The highest BCUT2D eigenvalue weighted by Gasteiger charge is 2.19. The van der Waals surface area contributed by atoms with Gasteiger partial charge >= 0.3 is 0 Å². The van der Waals surface area contributed by atoms with Crippen molar-refractivity contribution in [2.75, 3.05) is 13.1 Å². The molecule has 112 valence electrons. The lowest BCUT2D eigenvalue weighted by atomic mass is 10.1. The van der Waals surface area contributed by atoms with E-state index in [0.717, 1.165) is 25.9 Å². The third-order valence-electron chi connectivity index (χ3n) is 3.27. The number of nitrogens with zero attached hydrogens (tertiary/aromatic N) is 2. The van der Waals surface area contributed by atoms with Crippen molar-refractivity contribution in [2.24, 2.45) is 11.8 Å². The third kappa shape index (κ3) is 5.19. The van der Waals surface area contributed by atoms with Gasteiger partial charge in [0.05, 0.1) is 11.8 Å². The second-order valence-electron chi connectivity index (χ2n) is 6.05. The van der Waals surface area contributed by atoms with Gasteiger partial charge in [0.25, 0.3) is 5.91 Å². The molecule has 0 aromatic carbocycles. The molecule has 1 amide bonds. The van der Waals surface area contributed by atoms with Crippen LogP contribution in [0.5, 0.6) is 5.75 Å². The van der Waals surface area contributed by atoms with E-state index in [1.807, 2.05) is 4.90 Å². The van der Waals surface area contributed by atoms with Crippen LogP contribution in [0.3, 0.4) is 0 Å². The van der Waals surface area contributed by atoms with Gasteiger partial charge in [-0.1, -0.05) is 27.7 Å². The van der Waals surface area contributed by atoms with Crippen molar-refractivity contribution in [1.29, 1.82) is 0 Å². The number of pyridine rings is 1. The first-order valence-corrected chi connectivity index (χ1v) is 7.34. The summed E-state index contributed by atoms with van der Waals surface area (Å²) in [4.78, 5) is 18.2. The van der Waals surface area contributed by atoms with E-state index >= 15 is 0 Å². The van der Waals surface area contributed by atoms with E-state index in [-0.39, 0.29) is 11.7 Å². The number of hydrogen-bond acceptors (Lipinski definition) is 3. The van der Waals surface area contributed by atoms with Crippen LogP contribution in [0, 0.1) is 11.8 Å². The van der Waals surface area contributed by atoms with Gasteiger partial charge in [0.2, 0.25) is 0 Å². The molecule has 0 aliphatic rings. The average molecular weight is 278 g/mol. The minimum atomic E-state index is -0.105. The molecule has 4 nitrogen and oxygen atoms in total. The summed E-state index contributed by atoms with van der Waals surface area (Å²) in [5, 5.41) is 9.77. The lowest BCUT2D eigenvalue weighted by molar-refractivity contribution is 0.0737. The normalized spacial score (nSPS) is 11.1. The maximum atomic E-state index is 12.5. The lowest BCUT2D eigenvalue weighted by Gasteiger charge is -2.24. The van der Waals surface area contributed by atoms with Gasteiger partial charge in [0.15, 0.2) is 0 Å². The molecular formula is C16H26N2O2. The third-order valence-corrected chi connectivity index (χ3v) is 3.27. The second kappa shape index (κ2) is 7.88. The summed E-state index contributed by atoms with van der Waals surface area (Å²) < 4.78 is 0. The molecule has 0 radical (unpaired) electrons. The molecule has 4 heteroatoms. The van der Waals surface area contributed by atoms with Crippen LogP contribution in [0.4, 0.5) is 0 Å². The molecule has 0 saturated heterocycles.